The van der Waals surface area contributed by atoms with Gasteiger partial charge >= 0.3 is 0 Å². The summed E-state index contributed by atoms with van der Waals surface area (Å²) in [6.07, 6.45) is 1.20. The number of hydrogen-bond acceptors (Lipinski definition) is 4. The summed E-state index contributed by atoms with van der Waals surface area (Å²) in [5.41, 5.74) is 1.58. The fourth-order valence-corrected chi connectivity index (χ4v) is 1.85. The van der Waals surface area contributed by atoms with Crippen LogP contribution in [-0.4, -0.2) is 35.8 Å². The normalized spacial score (nSPS) is 20.3. The molecule has 5 nitrogen and oxygen atoms in total. The van der Waals surface area contributed by atoms with Crippen LogP contribution in [-0.2, 0) is 4.79 Å². The number of ether oxygens (including phenoxy) is 1. The minimum absolute atomic E-state index is 0.0705. The number of pyridine rings is 1. The topological polar surface area (TPSA) is 62.7 Å². The van der Waals surface area contributed by atoms with Gasteiger partial charge in [0.05, 0.1) is 38.1 Å². The molecule has 5 heteroatoms. The lowest BCUT2D eigenvalue weighted by Gasteiger charge is -2.16. The highest BCUT2D eigenvalue weighted by molar-refractivity contribution is 5.96. The van der Waals surface area contributed by atoms with Gasteiger partial charge in [-0.05, 0) is 13.0 Å². The number of hydrogen-bond donors (Lipinski definition) is 1. The van der Waals surface area contributed by atoms with Crippen molar-refractivity contribution in [2.45, 2.75) is 19.4 Å². The van der Waals surface area contributed by atoms with Gasteiger partial charge in [0, 0.05) is 5.56 Å². The smallest absolute Gasteiger partial charge is 0.229 e. The Bertz CT molecular complexity index is 420. The fourth-order valence-electron chi connectivity index (χ4n) is 1.85. The minimum atomic E-state index is -0.574. The second kappa shape index (κ2) is 4.09. The second-order valence-corrected chi connectivity index (χ2v) is 3.88. The summed E-state index contributed by atoms with van der Waals surface area (Å²) < 4.78 is 5.05. The molecule has 86 valence electrons. The highest BCUT2D eigenvalue weighted by Gasteiger charge is 2.29. The molecule has 1 aromatic heterocycles. The Morgan fingerprint density at radius 3 is 2.88 bits per heavy atom. The summed E-state index contributed by atoms with van der Waals surface area (Å²) >= 11 is 0. The summed E-state index contributed by atoms with van der Waals surface area (Å²) in [7, 11) is 1.56. The maximum absolute atomic E-state index is 11.6. The molecule has 16 heavy (non-hydrogen) atoms. The molecular formula is C11H14N2O3. The zero-order chi connectivity index (χ0) is 11.7. The van der Waals surface area contributed by atoms with E-state index in [4.69, 9.17) is 4.74 Å². The number of carbonyl (C=O) groups is 1. The number of aliphatic hydroxyl groups excluding tert-OH is 1. The van der Waals surface area contributed by atoms with Crippen LogP contribution in [0.3, 0.4) is 0 Å². The van der Waals surface area contributed by atoms with E-state index >= 15 is 0 Å². The molecule has 0 saturated carbocycles. The molecule has 1 aliphatic rings. The first-order valence-electron chi connectivity index (χ1n) is 5.11. The van der Waals surface area contributed by atoms with Crippen LogP contribution >= 0.6 is 0 Å². The molecule has 1 atom stereocenters. The first-order chi connectivity index (χ1) is 7.61. The number of nitrogens with zero attached hydrogens (tertiary/aromatic N) is 2. The van der Waals surface area contributed by atoms with Gasteiger partial charge in [0.15, 0.2) is 0 Å². The van der Waals surface area contributed by atoms with Gasteiger partial charge in [0.25, 0.3) is 0 Å². The molecule has 1 saturated heterocycles. The van der Waals surface area contributed by atoms with Crippen LogP contribution < -0.4 is 9.64 Å². The Kier molecular flexibility index (Phi) is 2.78. The number of aromatic nitrogens is 1. The van der Waals surface area contributed by atoms with Gasteiger partial charge in [0.1, 0.15) is 0 Å². The van der Waals surface area contributed by atoms with Crippen LogP contribution in [0.1, 0.15) is 12.0 Å². The maximum atomic E-state index is 11.6. The van der Waals surface area contributed by atoms with Crippen molar-refractivity contribution in [3.05, 3.63) is 17.8 Å². The van der Waals surface area contributed by atoms with Crippen molar-refractivity contribution >= 4 is 11.6 Å². The van der Waals surface area contributed by atoms with Crippen molar-refractivity contribution in [1.82, 2.24) is 4.98 Å². The number of aryl methyl sites for hydroxylation is 1. The number of methoxy groups -OCH3 is 1. The van der Waals surface area contributed by atoms with E-state index in [1.54, 1.807) is 18.2 Å². The van der Waals surface area contributed by atoms with Crippen molar-refractivity contribution in [3.8, 4) is 5.88 Å². The van der Waals surface area contributed by atoms with Crippen molar-refractivity contribution in [2.75, 3.05) is 18.6 Å². The van der Waals surface area contributed by atoms with Crippen LogP contribution in [0.4, 0.5) is 5.69 Å². The largest absolute Gasteiger partial charge is 0.481 e. The Hall–Kier alpha value is -1.62. The predicted octanol–water partition coefficient (Wildman–Crippen LogP) is 0.496. The first kappa shape index (κ1) is 10.9. The molecule has 0 aromatic carbocycles. The SMILES string of the molecule is COc1ncc(N2CC(O)CC2=O)cc1C. The van der Waals surface area contributed by atoms with Crippen LogP contribution in [0.2, 0.25) is 0 Å². The molecule has 1 amide bonds. The average Bonchev–Trinajstić information content (AvgIpc) is 2.58. The van der Waals surface area contributed by atoms with Crippen molar-refractivity contribution in [1.29, 1.82) is 0 Å². The van der Waals surface area contributed by atoms with Crippen molar-refractivity contribution < 1.29 is 14.6 Å². The van der Waals surface area contributed by atoms with Crippen LogP contribution in [0.5, 0.6) is 5.88 Å². The lowest BCUT2D eigenvalue weighted by molar-refractivity contribution is -0.117. The Morgan fingerprint density at radius 2 is 2.38 bits per heavy atom. The highest BCUT2D eigenvalue weighted by Crippen LogP contribution is 2.24. The number of amides is 1. The third-order valence-electron chi connectivity index (χ3n) is 2.63. The molecule has 1 fully saturated rings. The lowest BCUT2D eigenvalue weighted by atomic mass is 10.2. The molecular weight excluding hydrogens is 208 g/mol. The van der Waals surface area contributed by atoms with Crippen LogP contribution in [0.25, 0.3) is 0 Å². The summed E-state index contributed by atoms with van der Waals surface area (Å²) in [6.45, 7) is 2.21. The first-order valence-corrected chi connectivity index (χ1v) is 5.11. The van der Waals surface area contributed by atoms with Gasteiger partial charge in [-0.2, -0.15) is 0 Å². The van der Waals surface area contributed by atoms with Gasteiger partial charge in [-0.15, -0.1) is 0 Å². The molecule has 0 aliphatic carbocycles. The quantitative estimate of drug-likeness (QED) is 0.791. The van der Waals surface area contributed by atoms with E-state index < -0.39 is 6.10 Å². The van der Waals surface area contributed by atoms with E-state index in [-0.39, 0.29) is 12.3 Å². The van der Waals surface area contributed by atoms with E-state index in [9.17, 15) is 9.90 Å². The van der Waals surface area contributed by atoms with E-state index in [1.807, 2.05) is 13.0 Å². The number of β-amino-alcohol motifs (C(OH)–C–C–N with tert-alkyl or cyclic N) is 1. The molecule has 1 unspecified atom stereocenters. The highest BCUT2D eigenvalue weighted by atomic mass is 16.5. The molecule has 1 N–H and O–H groups in total. The summed E-state index contributed by atoms with van der Waals surface area (Å²) in [5, 5.41) is 9.39. The van der Waals surface area contributed by atoms with E-state index in [0.717, 1.165) is 5.56 Å². The van der Waals surface area contributed by atoms with E-state index in [0.29, 0.717) is 18.1 Å². The Labute approximate surface area is 93.7 Å². The number of rotatable bonds is 2. The van der Waals surface area contributed by atoms with Crippen molar-refractivity contribution in [3.63, 3.8) is 0 Å². The molecule has 0 radical (unpaired) electrons. The number of carbonyl (C=O) groups excluding carboxylic acids is 1. The zero-order valence-electron chi connectivity index (χ0n) is 9.30. The van der Waals surface area contributed by atoms with Crippen LogP contribution in [0, 0.1) is 6.92 Å². The molecule has 1 aromatic rings. The predicted molar refractivity (Wildman–Crippen MR) is 58.5 cm³/mol. The standard InChI is InChI=1S/C11H14N2O3/c1-7-3-8(5-12-11(7)16-2)13-6-9(14)4-10(13)15/h3,5,9,14H,4,6H2,1-2H3. The molecule has 0 bridgehead atoms. The van der Waals surface area contributed by atoms with E-state index in [2.05, 4.69) is 4.98 Å². The fraction of sp³-hybridized carbons (Fsp3) is 0.455. The third kappa shape index (κ3) is 1.86. The maximum Gasteiger partial charge on any atom is 0.229 e. The number of anilines is 1. The zero-order valence-corrected chi connectivity index (χ0v) is 9.30. The molecule has 2 heterocycles. The Balaban J connectivity index is 2.28. The van der Waals surface area contributed by atoms with Crippen LogP contribution in [0.15, 0.2) is 12.3 Å². The third-order valence-corrected chi connectivity index (χ3v) is 2.63. The summed E-state index contributed by atoms with van der Waals surface area (Å²) in [5.74, 6) is 0.481. The Morgan fingerprint density at radius 1 is 1.62 bits per heavy atom. The second-order valence-electron chi connectivity index (χ2n) is 3.88. The number of aliphatic hydroxyl groups is 1. The van der Waals surface area contributed by atoms with Gasteiger partial charge in [0.2, 0.25) is 11.8 Å². The van der Waals surface area contributed by atoms with Gasteiger partial charge in [-0.25, -0.2) is 4.98 Å². The lowest BCUT2D eigenvalue weighted by Crippen LogP contribution is -2.25. The van der Waals surface area contributed by atoms with Crippen molar-refractivity contribution in [2.24, 2.45) is 0 Å². The van der Waals surface area contributed by atoms with Gasteiger partial charge in [-0.3, -0.25) is 4.79 Å². The summed E-state index contributed by atoms with van der Waals surface area (Å²) in [4.78, 5) is 17.2. The molecule has 0 spiro atoms. The van der Waals surface area contributed by atoms with Gasteiger partial charge < -0.3 is 14.7 Å². The average molecular weight is 222 g/mol. The summed E-state index contributed by atoms with van der Waals surface area (Å²) in [6, 6.07) is 1.84. The van der Waals surface area contributed by atoms with E-state index in [1.165, 1.54) is 0 Å². The molecule has 1 aliphatic heterocycles. The monoisotopic (exact) mass is 222 g/mol. The van der Waals surface area contributed by atoms with Gasteiger partial charge in [-0.1, -0.05) is 0 Å². The minimum Gasteiger partial charge on any atom is -0.481 e. The molecule has 2 rings (SSSR count).